The first-order valence-electron chi connectivity index (χ1n) is 10.7. The fraction of sp³-hybridized carbons (Fsp3) is 0.818. The summed E-state index contributed by atoms with van der Waals surface area (Å²) in [7, 11) is 0. The first-order chi connectivity index (χ1) is 12.1. The van der Waals surface area contributed by atoms with Crippen molar-refractivity contribution in [3.63, 3.8) is 0 Å². The van der Waals surface area contributed by atoms with Gasteiger partial charge in [0.25, 0.3) is 0 Å². The number of rotatable bonds is 9. The second-order valence-electron chi connectivity index (χ2n) is 8.18. The van der Waals surface area contributed by atoms with E-state index in [-0.39, 0.29) is 6.04 Å². The zero-order valence-electron chi connectivity index (χ0n) is 16.8. The molecule has 2 unspecified atom stereocenters. The second kappa shape index (κ2) is 11.2. The van der Waals surface area contributed by atoms with Gasteiger partial charge in [0, 0.05) is 25.3 Å². The van der Waals surface area contributed by atoms with Crippen molar-refractivity contribution in [1.29, 1.82) is 0 Å². The molecule has 1 fully saturated rings. The summed E-state index contributed by atoms with van der Waals surface area (Å²) in [4.78, 5) is 0. The molecule has 0 aromatic heterocycles. The maximum Gasteiger partial charge on any atom is 0.0461 e. The number of nitrogens with two attached hydrogens (primary N) is 1. The largest absolute Gasteiger partial charge is 0.324 e. The fourth-order valence-electron chi connectivity index (χ4n) is 4.51. The summed E-state index contributed by atoms with van der Waals surface area (Å²) in [5, 5.41) is 7.24. The predicted molar refractivity (Wildman–Crippen MR) is 109 cm³/mol. The van der Waals surface area contributed by atoms with Crippen molar-refractivity contribution >= 4 is 0 Å². The smallest absolute Gasteiger partial charge is 0.0461 e. The summed E-state index contributed by atoms with van der Waals surface area (Å²) in [6, 6.07) is 0.745. The molecule has 25 heavy (non-hydrogen) atoms. The highest BCUT2D eigenvalue weighted by Crippen LogP contribution is 2.34. The van der Waals surface area contributed by atoms with E-state index in [0.29, 0.717) is 6.04 Å². The summed E-state index contributed by atoms with van der Waals surface area (Å²) in [5.41, 5.74) is 9.29. The third-order valence-electron chi connectivity index (χ3n) is 6.22. The van der Waals surface area contributed by atoms with E-state index < -0.39 is 0 Å². The molecule has 144 valence electrons. The molecule has 3 nitrogen and oxygen atoms in total. The normalized spacial score (nSPS) is 29.4. The molecule has 0 heterocycles. The van der Waals surface area contributed by atoms with E-state index in [9.17, 15) is 0 Å². The lowest BCUT2D eigenvalue weighted by Gasteiger charge is -2.28. The molecule has 0 bridgehead atoms. The van der Waals surface area contributed by atoms with Crippen LogP contribution in [0.15, 0.2) is 23.3 Å². The van der Waals surface area contributed by atoms with Gasteiger partial charge in [0.15, 0.2) is 0 Å². The Kier molecular flexibility index (Phi) is 9.22. The predicted octanol–water partition coefficient (Wildman–Crippen LogP) is 4.50. The van der Waals surface area contributed by atoms with Crippen LogP contribution in [-0.2, 0) is 0 Å². The number of nitrogens with one attached hydrogen (secondary N) is 2. The minimum atomic E-state index is 0.265. The third kappa shape index (κ3) is 6.88. The highest BCUT2D eigenvalue weighted by molar-refractivity contribution is 5.16. The average Bonchev–Trinajstić information content (AvgIpc) is 2.62. The van der Waals surface area contributed by atoms with Gasteiger partial charge in [0.1, 0.15) is 0 Å². The maximum atomic E-state index is 6.09. The maximum absolute atomic E-state index is 6.09. The highest BCUT2D eigenvalue weighted by Gasteiger charge is 2.20. The Balaban J connectivity index is 1.71. The Morgan fingerprint density at radius 3 is 2.64 bits per heavy atom. The van der Waals surface area contributed by atoms with Crippen LogP contribution in [-0.4, -0.2) is 25.3 Å². The molecular weight excluding hydrogens is 306 g/mol. The Morgan fingerprint density at radius 1 is 1.24 bits per heavy atom. The van der Waals surface area contributed by atoms with Crippen molar-refractivity contribution in [3.05, 3.63) is 23.3 Å². The van der Waals surface area contributed by atoms with E-state index in [4.69, 9.17) is 5.73 Å². The van der Waals surface area contributed by atoms with Crippen LogP contribution in [0.5, 0.6) is 0 Å². The summed E-state index contributed by atoms with van der Waals surface area (Å²) < 4.78 is 0. The Bertz CT molecular complexity index is 433. The molecule has 0 radical (unpaired) electrons. The summed E-state index contributed by atoms with van der Waals surface area (Å²) in [6.45, 7) is 8.83. The first-order valence-corrected chi connectivity index (χ1v) is 10.7. The van der Waals surface area contributed by atoms with Gasteiger partial charge < -0.3 is 11.1 Å². The van der Waals surface area contributed by atoms with Gasteiger partial charge in [-0.3, -0.25) is 5.32 Å². The van der Waals surface area contributed by atoms with Gasteiger partial charge >= 0.3 is 0 Å². The lowest BCUT2D eigenvalue weighted by molar-refractivity contribution is 0.316. The molecular formula is C22H41N3. The van der Waals surface area contributed by atoms with Gasteiger partial charge in [0.2, 0.25) is 0 Å². The molecule has 2 atom stereocenters. The van der Waals surface area contributed by atoms with Crippen LogP contribution in [0.1, 0.15) is 78.6 Å². The monoisotopic (exact) mass is 347 g/mol. The molecule has 0 saturated heterocycles. The molecule has 0 aromatic carbocycles. The summed E-state index contributed by atoms with van der Waals surface area (Å²) in [6.07, 6.45) is 16.3. The van der Waals surface area contributed by atoms with E-state index in [1.807, 2.05) is 0 Å². The zero-order valence-corrected chi connectivity index (χ0v) is 16.8. The summed E-state index contributed by atoms with van der Waals surface area (Å²) in [5.74, 6) is 1.78. The van der Waals surface area contributed by atoms with Crippen molar-refractivity contribution in [3.8, 4) is 0 Å². The zero-order chi connectivity index (χ0) is 18.1. The SMILES string of the molecule is CC/C(=C\CNCNC(CC)C1=CC(N)CCC1)C1CCC(C)CC1. The first kappa shape index (κ1) is 20.7. The van der Waals surface area contributed by atoms with Gasteiger partial charge in [-0.15, -0.1) is 0 Å². The highest BCUT2D eigenvalue weighted by atomic mass is 15.1. The second-order valence-corrected chi connectivity index (χ2v) is 8.18. The van der Waals surface area contributed by atoms with Crippen LogP contribution in [0.25, 0.3) is 0 Å². The van der Waals surface area contributed by atoms with E-state index in [1.165, 1.54) is 50.5 Å². The fourth-order valence-corrected chi connectivity index (χ4v) is 4.51. The molecule has 0 aliphatic heterocycles. The van der Waals surface area contributed by atoms with Gasteiger partial charge in [-0.1, -0.05) is 56.9 Å². The van der Waals surface area contributed by atoms with Gasteiger partial charge in [-0.25, -0.2) is 0 Å². The van der Waals surface area contributed by atoms with Crippen molar-refractivity contribution in [2.24, 2.45) is 17.6 Å². The van der Waals surface area contributed by atoms with Crippen LogP contribution in [0, 0.1) is 11.8 Å². The van der Waals surface area contributed by atoms with Gasteiger partial charge in [-0.2, -0.15) is 0 Å². The van der Waals surface area contributed by atoms with E-state index in [2.05, 4.69) is 43.6 Å². The summed E-state index contributed by atoms with van der Waals surface area (Å²) >= 11 is 0. The molecule has 0 amide bonds. The van der Waals surface area contributed by atoms with E-state index >= 15 is 0 Å². The Morgan fingerprint density at radius 2 is 2.00 bits per heavy atom. The van der Waals surface area contributed by atoms with Crippen LogP contribution >= 0.6 is 0 Å². The van der Waals surface area contributed by atoms with Crippen molar-refractivity contribution in [2.45, 2.75) is 90.6 Å². The number of allylic oxidation sites excluding steroid dienone is 1. The molecule has 4 N–H and O–H groups in total. The Labute approximate surface area is 155 Å². The lowest BCUT2D eigenvalue weighted by atomic mass is 9.78. The molecule has 3 heteroatoms. The van der Waals surface area contributed by atoms with Gasteiger partial charge in [0.05, 0.1) is 0 Å². The van der Waals surface area contributed by atoms with Crippen LogP contribution in [0.2, 0.25) is 0 Å². The lowest BCUT2D eigenvalue weighted by Crippen LogP contribution is -2.39. The molecule has 0 spiro atoms. The van der Waals surface area contributed by atoms with E-state index in [0.717, 1.165) is 37.9 Å². The van der Waals surface area contributed by atoms with E-state index in [1.54, 1.807) is 5.57 Å². The van der Waals surface area contributed by atoms with Gasteiger partial charge in [-0.05, 0) is 56.8 Å². The van der Waals surface area contributed by atoms with Crippen molar-refractivity contribution in [2.75, 3.05) is 13.2 Å². The Hall–Kier alpha value is -0.640. The number of hydrogen-bond donors (Lipinski definition) is 3. The molecule has 2 aliphatic rings. The minimum absolute atomic E-state index is 0.265. The standard InChI is InChI=1S/C22H41N3/c1-4-18(19-11-9-17(3)10-12-19)13-14-24-16-25-22(5-2)20-7-6-8-21(23)15-20/h13,15,17,19,21-22,24-25H,4-12,14,16,23H2,1-3H3/b18-13+. The average molecular weight is 348 g/mol. The van der Waals surface area contributed by atoms with Crippen LogP contribution in [0.4, 0.5) is 0 Å². The quantitative estimate of drug-likeness (QED) is 0.327. The van der Waals surface area contributed by atoms with Crippen LogP contribution < -0.4 is 16.4 Å². The minimum Gasteiger partial charge on any atom is -0.324 e. The molecule has 2 rings (SSSR count). The van der Waals surface area contributed by atoms with Crippen LogP contribution in [0.3, 0.4) is 0 Å². The van der Waals surface area contributed by atoms with Crippen molar-refractivity contribution in [1.82, 2.24) is 10.6 Å². The number of hydrogen-bond acceptors (Lipinski definition) is 3. The third-order valence-corrected chi connectivity index (χ3v) is 6.22. The molecule has 0 aromatic rings. The van der Waals surface area contributed by atoms with Crippen molar-refractivity contribution < 1.29 is 0 Å². The molecule has 2 aliphatic carbocycles. The topological polar surface area (TPSA) is 50.1 Å². The molecule has 1 saturated carbocycles.